The van der Waals surface area contributed by atoms with Gasteiger partial charge in [0.2, 0.25) is 11.8 Å². The fourth-order valence-electron chi connectivity index (χ4n) is 2.51. The van der Waals surface area contributed by atoms with Gasteiger partial charge in [0.25, 0.3) is 0 Å². The molecule has 0 unspecified atom stereocenters. The Labute approximate surface area is 145 Å². The topological polar surface area (TPSA) is 44.2 Å². The van der Waals surface area contributed by atoms with Gasteiger partial charge in [0, 0.05) is 0 Å². The van der Waals surface area contributed by atoms with Crippen LogP contribution < -0.4 is 9.47 Å². The van der Waals surface area contributed by atoms with Crippen LogP contribution in [-0.2, 0) is 19.4 Å². The maximum absolute atomic E-state index is 6.02. The van der Waals surface area contributed by atoms with Crippen molar-refractivity contribution in [1.29, 1.82) is 0 Å². The number of ether oxygens (including phenoxy) is 2. The summed E-state index contributed by atoms with van der Waals surface area (Å²) in [5, 5.41) is 0. The summed E-state index contributed by atoms with van der Waals surface area (Å²) in [7, 11) is 1.65. The smallest absolute Gasteiger partial charge is 0.236 e. The van der Waals surface area contributed by atoms with Crippen LogP contribution in [0.5, 0.6) is 11.8 Å². The molecule has 0 saturated heterocycles. The van der Waals surface area contributed by atoms with Crippen molar-refractivity contribution in [2.24, 2.45) is 11.8 Å². The first-order valence-electron chi connectivity index (χ1n) is 8.60. The van der Waals surface area contributed by atoms with E-state index in [1.165, 1.54) is 0 Å². The van der Waals surface area contributed by atoms with Crippen LogP contribution in [0.1, 0.15) is 44.6 Å². The summed E-state index contributed by atoms with van der Waals surface area (Å²) in [6.45, 7) is 9.14. The molecule has 2 aromatic rings. The molecule has 0 spiro atoms. The van der Waals surface area contributed by atoms with E-state index in [0.717, 1.165) is 29.8 Å². The molecule has 2 rings (SSSR count). The second-order valence-corrected chi connectivity index (χ2v) is 6.90. The van der Waals surface area contributed by atoms with Gasteiger partial charge in [-0.1, -0.05) is 58.0 Å². The number of hydrogen-bond donors (Lipinski definition) is 0. The van der Waals surface area contributed by atoms with E-state index in [1.807, 2.05) is 30.3 Å². The molecule has 0 radical (unpaired) electrons. The van der Waals surface area contributed by atoms with Gasteiger partial charge in [-0.25, -0.2) is 9.97 Å². The van der Waals surface area contributed by atoms with Crippen LogP contribution in [0.2, 0.25) is 0 Å². The highest BCUT2D eigenvalue weighted by atomic mass is 16.5. The molecule has 0 atom stereocenters. The molecule has 24 heavy (non-hydrogen) atoms. The average Bonchev–Trinajstić information content (AvgIpc) is 2.54. The Hall–Kier alpha value is -2.10. The van der Waals surface area contributed by atoms with E-state index in [9.17, 15) is 0 Å². The molecule has 1 aromatic heterocycles. The Balaban J connectivity index is 2.30. The van der Waals surface area contributed by atoms with Gasteiger partial charge < -0.3 is 9.47 Å². The van der Waals surface area contributed by atoms with Crippen molar-refractivity contribution in [2.45, 2.75) is 47.1 Å². The molecular weight excluding hydrogens is 300 g/mol. The lowest BCUT2D eigenvalue weighted by Gasteiger charge is -2.16. The van der Waals surface area contributed by atoms with Crippen LogP contribution in [0.15, 0.2) is 30.3 Å². The van der Waals surface area contributed by atoms with E-state index in [2.05, 4.69) is 32.7 Å². The number of aromatic nitrogens is 2. The number of nitrogens with zero attached hydrogens (tertiary/aromatic N) is 2. The van der Waals surface area contributed by atoms with E-state index in [-0.39, 0.29) is 0 Å². The lowest BCUT2D eigenvalue weighted by Crippen LogP contribution is -2.11. The van der Waals surface area contributed by atoms with Gasteiger partial charge >= 0.3 is 0 Å². The zero-order valence-corrected chi connectivity index (χ0v) is 15.4. The highest BCUT2D eigenvalue weighted by molar-refractivity contribution is 5.30. The predicted octanol–water partition coefficient (Wildman–Crippen LogP) is 4.46. The number of benzene rings is 1. The molecular formula is C20H28N2O2. The molecule has 0 bridgehead atoms. The molecule has 4 nitrogen and oxygen atoms in total. The van der Waals surface area contributed by atoms with E-state index in [0.29, 0.717) is 30.2 Å². The van der Waals surface area contributed by atoms with Crippen LogP contribution in [0.4, 0.5) is 0 Å². The SMILES string of the molecule is COc1nc(CC(C)C)c(OCc2ccccc2)nc1CC(C)C. The third-order valence-corrected chi connectivity index (χ3v) is 3.58. The quantitative estimate of drug-likeness (QED) is 0.717. The number of methoxy groups -OCH3 is 1. The molecule has 0 amide bonds. The third-order valence-electron chi connectivity index (χ3n) is 3.58. The molecule has 1 heterocycles. The van der Waals surface area contributed by atoms with Crippen molar-refractivity contribution in [3.05, 3.63) is 47.3 Å². The highest BCUT2D eigenvalue weighted by Gasteiger charge is 2.17. The lowest BCUT2D eigenvalue weighted by molar-refractivity contribution is 0.281. The van der Waals surface area contributed by atoms with Gasteiger partial charge in [-0.05, 0) is 30.2 Å². The van der Waals surface area contributed by atoms with Crippen LogP contribution in [-0.4, -0.2) is 17.1 Å². The van der Waals surface area contributed by atoms with Gasteiger partial charge in [-0.15, -0.1) is 0 Å². The van der Waals surface area contributed by atoms with Gasteiger partial charge in [-0.2, -0.15) is 0 Å². The second kappa shape index (κ2) is 8.67. The Bertz CT molecular complexity index is 640. The fourth-order valence-corrected chi connectivity index (χ4v) is 2.51. The zero-order valence-electron chi connectivity index (χ0n) is 15.4. The summed E-state index contributed by atoms with van der Waals surface area (Å²) in [5.41, 5.74) is 2.85. The maximum Gasteiger partial charge on any atom is 0.236 e. The van der Waals surface area contributed by atoms with Crippen molar-refractivity contribution in [3.63, 3.8) is 0 Å². The maximum atomic E-state index is 6.02. The summed E-state index contributed by atoms with van der Waals surface area (Å²) in [5.74, 6) is 2.19. The van der Waals surface area contributed by atoms with Crippen molar-refractivity contribution in [2.75, 3.05) is 7.11 Å². The Morgan fingerprint density at radius 2 is 1.38 bits per heavy atom. The first-order valence-corrected chi connectivity index (χ1v) is 8.60. The lowest BCUT2D eigenvalue weighted by atomic mass is 10.1. The van der Waals surface area contributed by atoms with Crippen molar-refractivity contribution in [3.8, 4) is 11.8 Å². The first-order chi connectivity index (χ1) is 11.5. The van der Waals surface area contributed by atoms with Crippen LogP contribution in [0.25, 0.3) is 0 Å². The van der Waals surface area contributed by atoms with Crippen molar-refractivity contribution < 1.29 is 9.47 Å². The first kappa shape index (κ1) is 18.2. The van der Waals surface area contributed by atoms with Crippen molar-refractivity contribution in [1.82, 2.24) is 9.97 Å². The van der Waals surface area contributed by atoms with Gasteiger partial charge in [0.1, 0.15) is 18.0 Å². The largest absolute Gasteiger partial charge is 0.480 e. The summed E-state index contributed by atoms with van der Waals surface area (Å²) >= 11 is 0. The minimum absolute atomic E-state index is 0.471. The van der Waals surface area contributed by atoms with E-state index < -0.39 is 0 Å². The molecule has 0 aliphatic heterocycles. The van der Waals surface area contributed by atoms with Crippen LogP contribution in [0, 0.1) is 11.8 Å². The minimum Gasteiger partial charge on any atom is -0.480 e. The molecule has 0 N–H and O–H groups in total. The summed E-state index contributed by atoms with van der Waals surface area (Å²) in [6.07, 6.45) is 1.63. The average molecular weight is 328 g/mol. The summed E-state index contributed by atoms with van der Waals surface area (Å²) < 4.78 is 11.5. The minimum atomic E-state index is 0.471. The Kier molecular flexibility index (Phi) is 6.59. The standard InChI is InChI=1S/C20H28N2O2/c1-14(2)11-17-19(23-5)21-18(12-15(3)4)20(22-17)24-13-16-9-7-6-8-10-16/h6-10,14-15H,11-13H2,1-5H3. The molecule has 130 valence electrons. The van der Waals surface area contributed by atoms with Crippen molar-refractivity contribution >= 4 is 0 Å². The molecule has 0 aliphatic rings. The van der Waals surface area contributed by atoms with Gasteiger partial charge in [-0.3, -0.25) is 0 Å². The normalized spacial score (nSPS) is 11.1. The highest BCUT2D eigenvalue weighted by Crippen LogP contribution is 2.26. The molecule has 4 heteroatoms. The monoisotopic (exact) mass is 328 g/mol. The molecule has 0 aliphatic carbocycles. The summed E-state index contributed by atoms with van der Waals surface area (Å²) in [4.78, 5) is 9.43. The zero-order chi connectivity index (χ0) is 17.5. The predicted molar refractivity (Wildman–Crippen MR) is 96.4 cm³/mol. The third kappa shape index (κ3) is 5.22. The number of rotatable bonds is 8. The number of hydrogen-bond acceptors (Lipinski definition) is 4. The summed E-state index contributed by atoms with van der Waals surface area (Å²) in [6, 6.07) is 10.1. The van der Waals surface area contributed by atoms with Gasteiger partial charge in [0.05, 0.1) is 7.11 Å². The van der Waals surface area contributed by atoms with E-state index >= 15 is 0 Å². The van der Waals surface area contributed by atoms with Crippen LogP contribution >= 0.6 is 0 Å². The van der Waals surface area contributed by atoms with E-state index in [1.54, 1.807) is 7.11 Å². The second-order valence-electron chi connectivity index (χ2n) is 6.90. The Morgan fingerprint density at radius 3 is 1.92 bits per heavy atom. The van der Waals surface area contributed by atoms with E-state index in [4.69, 9.17) is 14.5 Å². The molecule has 1 aromatic carbocycles. The Morgan fingerprint density at radius 1 is 0.833 bits per heavy atom. The fraction of sp³-hybridized carbons (Fsp3) is 0.500. The molecule has 0 fully saturated rings. The van der Waals surface area contributed by atoms with Gasteiger partial charge in [0.15, 0.2) is 0 Å². The molecule has 0 saturated carbocycles. The van der Waals surface area contributed by atoms with Crippen LogP contribution in [0.3, 0.4) is 0 Å².